The van der Waals surface area contributed by atoms with E-state index in [1.165, 1.54) is 5.56 Å². The Morgan fingerprint density at radius 2 is 2.27 bits per heavy atom. The second-order valence-corrected chi connectivity index (χ2v) is 8.06. The van der Waals surface area contributed by atoms with E-state index < -0.39 is 0 Å². The van der Waals surface area contributed by atoms with Crippen molar-refractivity contribution in [3.8, 4) is 0 Å². The molecule has 0 radical (unpaired) electrons. The Morgan fingerprint density at radius 3 is 3.00 bits per heavy atom. The third-order valence-corrected chi connectivity index (χ3v) is 6.63. The molecule has 5 heterocycles. The second-order valence-electron chi connectivity index (χ2n) is 8.06. The zero-order chi connectivity index (χ0) is 17.9. The molecule has 0 saturated carbocycles. The van der Waals surface area contributed by atoms with Gasteiger partial charge in [-0.1, -0.05) is 6.07 Å². The van der Waals surface area contributed by atoms with Crippen LogP contribution in [0, 0.1) is 12.8 Å². The molecule has 5 rings (SSSR count). The van der Waals surface area contributed by atoms with Gasteiger partial charge in [0, 0.05) is 56.3 Å². The van der Waals surface area contributed by atoms with Gasteiger partial charge in [-0.3, -0.25) is 19.4 Å². The maximum absolute atomic E-state index is 13.5. The average molecular weight is 351 g/mol. The Kier molecular flexibility index (Phi) is 3.47. The Balaban J connectivity index is 1.45. The maximum Gasteiger partial charge on any atom is 0.243 e. The molecule has 3 aliphatic rings. The molecule has 2 aromatic rings. The van der Waals surface area contributed by atoms with Gasteiger partial charge in [0.1, 0.15) is 5.54 Å². The lowest BCUT2D eigenvalue weighted by atomic mass is 9.85. The number of carbonyl (C=O) groups is 1. The summed E-state index contributed by atoms with van der Waals surface area (Å²) in [5.41, 5.74) is 3.23. The van der Waals surface area contributed by atoms with Gasteiger partial charge < -0.3 is 4.90 Å². The monoisotopic (exact) mass is 351 g/mol. The van der Waals surface area contributed by atoms with E-state index >= 15 is 0 Å². The smallest absolute Gasteiger partial charge is 0.243 e. The molecule has 3 aliphatic heterocycles. The Labute approximate surface area is 153 Å². The first kappa shape index (κ1) is 16.0. The molecule has 3 fully saturated rings. The highest BCUT2D eigenvalue weighted by Crippen LogP contribution is 2.56. The van der Waals surface area contributed by atoms with Crippen molar-refractivity contribution < 1.29 is 4.79 Å². The van der Waals surface area contributed by atoms with Gasteiger partial charge in [-0.15, -0.1) is 0 Å². The number of aryl methyl sites for hydroxylation is 2. The fourth-order valence-electron chi connectivity index (χ4n) is 5.67. The summed E-state index contributed by atoms with van der Waals surface area (Å²) < 4.78 is 1.90. The van der Waals surface area contributed by atoms with Crippen LogP contribution in [-0.2, 0) is 18.4 Å². The first-order valence-electron chi connectivity index (χ1n) is 9.55. The number of carbonyl (C=O) groups excluding carboxylic acids is 1. The molecule has 0 unspecified atom stereocenters. The van der Waals surface area contributed by atoms with Crippen molar-refractivity contribution in [2.45, 2.75) is 44.3 Å². The van der Waals surface area contributed by atoms with Gasteiger partial charge in [-0.25, -0.2) is 0 Å². The zero-order valence-corrected chi connectivity index (χ0v) is 15.4. The van der Waals surface area contributed by atoms with Crippen LogP contribution in [0.15, 0.2) is 30.7 Å². The topological polar surface area (TPSA) is 54.3 Å². The van der Waals surface area contributed by atoms with E-state index in [1.807, 2.05) is 24.0 Å². The standard InChI is InChI=1S/C20H25N5O/c1-14-17(13-23(2)22-14)18-9-16-12-24(11-15-5-3-7-21-10-15)19(26)20(16)6-4-8-25(18)20/h3,5,7,10,13,16,18H,4,6,8-9,11-12H2,1-2H3/t16-,18-,20-/m0/s1. The predicted octanol–water partition coefficient (Wildman–Crippen LogP) is 2.06. The van der Waals surface area contributed by atoms with Crippen LogP contribution in [0.1, 0.15) is 42.1 Å². The van der Waals surface area contributed by atoms with E-state index in [0.29, 0.717) is 24.4 Å². The van der Waals surface area contributed by atoms with Gasteiger partial charge in [-0.05, 0) is 44.4 Å². The average Bonchev–Trinajstić information content (AvgIpc) is 3.33. The largest absolute Gasteiger partial charge is 0.336 e. The molecular formula is C20H25N5O. The van der Waals surface area contributed by atoms with E-state index in [0.717, 1.165) is 43.6 Å². The number of aromatic nitrogens is 3. The number of pyridine rings is 1. The summed E-state index contributed by atoms with van der Waals surface area (Å²) in [4.78, 5) is 22.3. The number of nitrogens with zero attached hydrogens (tertiary/aromatic N) is 5. The number of amides is 1. The molecule has 3 saturated heterocycles. The summed E-state index contributed by atoms with van der Waals surface area (Å²) in [7, 11) is 1.98. The van der Waals surface area contributed by atoms with Crippen molar-refractivity contribution in [1.82, 2.24) is 24.6 Å². The van der Waals surface area contributed by atoms with E-state index in [1.54, 1.807) is 6.20 Å². The van der Waals surface area contributed by atoms with E-state index in [4.69, 9.17) is 0 Å². The van der Waals surface area contributed by atoms with Gasteiger partial charge in [0.2, 0.25) is 5.91 Å². The normalized spacial score (nSPS) is 30.8. The summed E-state index contributed by atoms with van der Waals surface area (Å²) in [5, 5.41) is 4.54. The third-order valence-electron chi connectivity index (χ3n) is 6.63. The van der Waals surface area contributed by atoms with E-state index in [9.17, 15) is 4.79 Å². The van der Waals surface area contributed by atoms with Gasteiger partial charge in [0.25, 0.3) is 0 Å². The van der Waals surface area contributed by atoms with Crippen molar-refractivity contribution in [3.05, 3.63) is 47.5 Å². The van der Waals surface area contributed by atoms with Gasteiger partial charge >= 0.3 is 0 Å². The van der Waals surface area contributed by atoms with Crippen molar-refractivity contribution in [3.63, 3.8) is 0 Å². The summed E-state index contributed by atoms with van der Waals surface area (Å²) in [6, 6.07) is 4.33. The lowest BCUT2D eigenvalue weighted by molar-refractivity contribution is -0.137. The molecule has 0 aromatic carbocycles. The highest BCUT2D eigenvalue weighted by Gasteiger charge is 2.65. The zero-order valence-electron chi connectivity index (χ0n) is 15.4. The molecule has 6 nitrogen and oxygen atoms in total. The SMILES string of the molecule is Cc1nn(C)cc1[C@@H]1C[C@H]2CN(Cc3cccnc3)C(=O)[C@]23CCCN13. The maximum atomic E-state index is 13.5. The molecule has 6 heteroatoms. The number of hydrogen-bond acceptors (Lipinski definition) is 4. The van der Waals surface area contributed by atoms with Gasteiger partial charge in [0.15, 0.2) is 0 Å². The number of likely N-dealkylation sites (tertiary alicyclic amines) is 1. The molecule has 0 N–H and O–H groups in total. The number of rotatable bonds is 3. The fourth-order valence-corrected chi connectivity index (χ4v) is 5.67. The van der Waals surface area contributed by atoms with Gasteiger partial charge in [-0.2, -0.15) is 5.10 Å². The molecule has 2 aromatic heterocycles. The van der Waals surface area contributed by atoms with Crippen LogP contribution in [0.5, 0.6) is 0 Å². The van der Waals surface area contributed by atoms with Crippen LogP contribution in [-0.4, -0.2) is 49.1 Å². The quantitative estimate of drug-likeness (QED) is 0.849. The molecular weight excluding hydrogens is 326 g/mol. The molecule has 136 valence electrons. The second kappa shape index (κ2) is 5.64. The summed E-state index contributed by atoms with van der Waals surface area (Å²) in [6.07, 6.45) is 8.96. The van der Waals surface area contributed by atoms with Crippen LogP contribution in [0.4, 0.5) is 0 Å². The first-order valence-corrected chi connectivity index (χ1v) is 9.55. The first-order chi connectivity index (χ1) is 12.6. The molecule has 0 bridgehead atoms. The van der Waals surface area contributed by atoms with Crippen molar-refractivity contribution in [1.29, 1.82) is 0 Å². The molecule has 1 amide bonds. The Bertz CT molecular complexity index is 847. The summed E-state index contributed by atoms with van der Waals surface area (Å²) in [6.45, 7) is 4.64. The predicted molar refractivity (Wildman–Crippen MR) is 97.1 cm³/mol. The third kappa shape index (κ3) is 2.11. The fraction of sp³-hybridized carbons (Fsp3) is 0.550. The van der Waals surface area contributed by atoms with Crippen LogP contribution < -0.4 is 0 Å². The van der Waals surface area contributed by atoms with Crippen LogP contribution >= 0.6 is 0 Å². The molecule has 3 atom stereocenters. The summed E-state index contributed by atoms with van der Waals surface area (Å²) in [5.74, 6) is 0.742. The lowest BCUT2D eigenvalue weighted by Crippen LogP contribution is -2.49. The van der Waals surface area contributed by atoms with Crippen LogP contribution in [0.3, 0.4) is 0 Å². The van der Waals surface area contributed by atoms with E-state index in [-0.39, 0.29) is 5.54 Å². The molecule has 26 heavy (non-hydrogen) atoms. The number of hydrogen-bond donors (Lipinski definition) is 0. The Morgan fingerprint density at radius 1 is 1.38 bits per heavy atom. The summed E-state index contributed by atoms with van der Waals surface area (Å²) >= 11 is 0. The van der Waals surface area contributed by atoms with Crippen molar-refractivity contribution in [2.75, 3.05) is 13.1 Å². The molecule has 1 spiro atoms. The lowest BCUT2D eigenvalue weighted by Gasteiger charge is -2.33. The minimum absolute atomic E-state index is 0.283. The minimum atomic E-state index is -0.283. The highest BCUT2D eigenvalue weighted by atomic mass is 16.2. The van der Waals surface area contributed by atoms with Crippen molar-refractivity contribution >= 4 is 5.91 Å². The minimum Gasteiger partial charge on any atom is -0.336 e. The highest BCUT2D eigenvalue weighted by molar-refractivity contribution is 5.90. The Hall–Kier alpha value is -2.21. The van der Waals surface area contributed by atoms with Crippen LogP contribution in [0.25, 0.3) is 0 Å². The molecule has 0 aliphatic carbocycles. The van der Waals surface area contributed by atoms with Gasteiger partial charge in [0.05, 0.1) is 5.69 Å². The van der Waals surface area contributed by atoms with E-state index in [2.05, 4.69) is 39.1 Å². The van der Waals surface area contributed by atoms with Crippen molar-refractivity contribution in [2.24, 2.45) is 13.0 Å². The van der Waals surface area contributed by atoms with Crippen LogP contribution in [0.2, 0.25) is 0 Å².